The van der Waals surface area contributed by atoms with Crippen molar-refractivity contribution in [3.05, 3.63) is 48.2 Å². The summed E-state index contributed by atoms with van der Waals surface area (Å²) in [5.41, 5.74) is 4.17. The van der Waals surface area contributed by atoms with E-state index in [9.17, 15) is 9.90 Å². The number of aromatic nitrogens is 2. The van der Waals surface area contributed by atoms with E-state index in [-0.39, 0.29) is 12.4 Å². The molecule has 0 radical (unpaired) electrons. The standard InChI is InChI=1S/C21H20N2O4/c1-4-27-21(25)19-17(14-10-9-12(26-3)11-16(14)24)20-18(22-19)13-7-5-6-8-15(13)23(20)2/h5-11,22,24H,4H2,1-3H3. The number of aryl methyl sites for hydroxylation is 1. The van der Waals surface area contributed by atoms with Gasteiger partial charge in [-0.1, -0.05) is 18.2 Å². The van der Waals surface area contributed by atoms with Gasteiger partial charge < -0.3 is 24.1 Å². The third-order valence-electron chi connectivity index (χ3n) is 4.80. The van der Waals surface area contributed by atoms with E-state index >= 15 is 0 Å². The fourth-order valence-corrected chi connectivity index (χ4v) is 3.59. The predicted octanol–water partition coefficient (Wildman–Crippen LogP) is 4.22. The predicted molar refractivity (Wildman–Crippen MR) is 104 cm³/mol. The number of para-hydroxylation sites is 1. The van der Waals surface area contributed by atoms with Gasteiger partial charge in [-0.25, -0.2) is 4.79 Å². The van der Waals surface area contributed by atoms with Crippen LogP contribution in [-0.4, -0.2) is 34.3 Å². The fraction of sp³-hybridized carbons (Fsp3) is 0.190. The van der Waals surface area contributed by atoms with Gasteiger partial charge in [-0.15, -0.1) is 0 Å². The van der Waals surface area contributed by atoms with Crippen LogP contribution in [0.3, 0.4) is 0 Å². The summed E-state index contributed by atoms with van der Waals surface area (Å²) in [5.74, 6) is 0.117. The van der Waals surface area contributed by atoms with Gasteiger partial charge in [0.25, 0.3) is 0 Å². The normalized spacial score (nSPS) is 11.2. The second-order valence-electron chi connectivity index (χ2n) is 6.28. The number of hydrogen-bond donors (Lipinski definition) is 2. The summed E-state index contributed by atoms with van der Waals surface area (Å²) >= 11 is 0. The highest BCUT2D eigenvalue weighted by Crippen LogP contribution is 2.42. The minimum atomic E-state index is -0.456. The summed E-state index contributed by atoms with van der Waals surface area (Å²) in [6.07, 6.45) is 0. The molecule has 0 spiro atoms. The zero-order valence-electron chi connectivity index (χ0n) is 15.4. The van der Waals surface area contributed by atoms with E-state index in [0.29, 0.717) is 22.6 Å². The van der Waals surface area contributed by atoms with Crippen molar-refractivity contribution in [3.8, 4) is 22.6 Å². The van der Waals surface area contributed by atoms with Crippen molar-refractivity contribution in [2.75, 3.05) is 13.7 Å². The van der Waals surface area contributed by atoms with Crippen LogP contribution in [0.5, 0.6) is 11.5 Å². The summed E-state index contributed by atoms with van der Waals surface area (Å²) in [5, 5.41) is 11.6. The van der Waals surface area contributed by atoms with Crippen LogP contribution in [0.4, 0.5) is 0 Å². The van der Waals surface area contributed by atoms with Crippen molar-refractivity contribution in [2.24, 2.45) is 7.05 Å². The van der Waals surface area contributed by atoms with Crippen molar-refractivity contribution in [2.45, 2.75) is 6.92 Å². The smallest absolute Gasteiger partial charge is 0.355 e. The highest BCUT2D eigenvalue weighted by atomic mass is 16.5. The number of esters is 1. The number of H-pyrrole nitrogens is 1. The van der Waals surface area contributed by atoms with Crippen LogP contribution in [0.2, 0.25) is 0 Å². The van der Waals surface area contributed by atoms with E-state index in [2.05, 4.69) is 4.98 Å². The summed E-state index contributed by atoms with van der Waals surface area (Å²) in [6.45, 7) is 2.03. The molecule has 0 aliphatic heterocycles. The third-order valence-corrected chi connectivity index (χ3v) is 4.80. The van der Waals surface area contributed by atoms with Crippen LogP contribution >= 0.6 is 0 Å². The molecule has 0 saturated heterocycles. The molecule has 2 heterocycles. The van der Waals surface area contributed by atoms with Gasteiger partial charge in [-0.05, 0) is 25.1 Å². The number of benzene rings is 2. The van der Waals surface area contributed by atoms with Crippen LogP contribution in [0, 0.1) is 0 Å². The van der Waals surface area contributed by atoms with Gasteiger partial charge in [0.1, 0.15) is 17.2 Å². The topological polar surface area (TPSA) is 76.5 Å². The van der Waals surface area contributed by atoms with E-state index < -0.39 is 5.97 Å². The monoisotopic (exact) mass is 364 g/mol. The lowest BCUT2D eigenvalue weighted by Crippen LogP contribution is -2.07. The minimum absolute atomic E-state index is 0.0334. The van der Waals surface area contributed by atoms with Gasteiger partial charge in [0.05, 0.1) is 30.3 Å². The summed E-state index contributed by atoms with van der Waals surface area (Å²) < 4.78 is 12.4. The Balaban J connectivity index is 2.10. The number of phenols is 1. The number of carbonyl (C=O) groups excluding carboxylic acids is 1. The van der Waals surface area contributed by atoms with E-state index in [1.54, 1.807) is 19.1 Å². The first-order chi connectivity index (χ1) is 13.1. The van der Waals surface area contributed by atoms with Gasteiger partial charge in [0, 0.05) is 29.6 Å². The third kappa shape index (κ3) is 2.52. The molecule has 138 valence electrons. The van der Waals surface area contributed by atoms with E-state index in [4.69, 9.17) is 9.47 Å². The Kier molecular flexibility index (Phi) is 4.03. The van der Waals surface area contributed by atoms with Gasteiger partial charge in [0.2, 0.25) is 0 Å². The lowest BCUT2D eigenvalue weighted by atomic mass is 10.0. The van der Waals surface area contributed by atoms with Crippen LogP contribution in [0.25, 0.3) is 33.1 Å². The molecule has 4 rings (SSSR count). The first kappa shape index (κ1) is 17.0. The van der Waals surface area contributed by atoms with Crippen molar-refractivity contribution in [1.82, 2.24) is 9.55 Å². The van der Waals surface area contributed by atoms with Crippen LogP contribution in [0.15, 0.2) is 42.5 Å². The second-order valence-corrected chi connectivity index (χ2v) is 6.28. The van der Waals surface area contributed by atoms with Crippen LogP contribution < -0.4 is 4.74 Å². The zero-order valence-corrected chi connectivity index (χ0v) is 15.4. The number of methoxy groups -OCH3 is 1. The molecular weight excluding hydrogens is 344 g/mol. The number of aromatic amines is 1. The number of phenolic OH excluding ortho intramolecular Hbond substituents is 1. The lowest BCUT2D eigenvalue weighted by molar-refractivity contribution is 0.0521. The average molecular weight is 364 g/mol. The molecule has 2 N–H and O–H groups in total. The largest absolute Gasteiger partial charge is 0.507 e. The minimum Gasteiger partial charge on any atom is -0.507 e. The quantitative estimate of drug-likeness (QED) is 0.532. The van der Waals surface area contributed by atoms with Gasteiger partial charge in [-0.3, -0.25) is 0 Å². The molecule has 6 nitrogen and oxygen atoms in total. The van der Waals surface area contributed by atoms with Crippen molar-refractivity contribution in [3.63, 3.8) is 0 Å². The number of fused-ring (bicyclic) bond motifs is 3. The number of rotatable bonds is 4. The molecule has 0 saturated carbocycles. The zero-order chi connectivity index (χ0) is 19.1. The molecule has 4 aromatic rings. The molecule has 0 atom stereocenters. The number of ether oxygens (including phenoxy) is 2. The maximum atomic E-state index is 12.6. The lowest BCUT2D eigenvalue weighted by Gasteiger charge is -2.10. The van der Waals surface area contributed by atoms with Crippen molar-refractivity contribution in [1.29, 1.82) is 0 Å². The number of aromatic hydroxyl groups is 1. The van der Waals surface area contributed by atoms with E-state index in [1.807, 2.05) is 35.9 Å². The first-order valence-corrected chi connectivity index (χ1v) is 8.70. The maximum absolute atomic E-state index is 12.6. The molecule has 0 aliphatic rings. The molecule has 27 heavy (non-hydrogen) atoms. The molecule has 0 unspecified atom stereocenters. The highest BCUT2D eigenvalue weighted by molar-refractivity contribution is 6.16. The maximum Gasteiger partial charge on any atom is 0.355 e. The summed E-state index contributed by atoms with van der Waals surface area (Å²) in [7, 11) is 3.48. The van der Waals surface area contributed by atoms with E-state index in [1.165, 1.54) is 13.2 Å². The second kappa shape index (κ2) is 6.39. The first-order valence-electron chi connectivity index (χ1n) is 8.70. The average Bonchev–Trinajstić information content (AvgIpc) is 3.19. The van der Waals surface area contributed by atoms with Crippen molar-refractivity contribution < 1.29 is 19.4 Å². The van der Waals surface area contributed by atoms with Gasteiger partial charge in [-0.2, -0.15) is 0 Å². The number of nitrogens with one attached hydrogen (secondary N) is 1. The fourth-order valence-electron chi connectivity index (χ4n) is 3.59. The van der Waals surface area contributed by atoms with E-state index in [0.717, 1.165) is 21.9 Å². The molecule has 0 aliphatic carbocycles. The van der Waals surface area contributed by atoms with Crippen LogP contribution in [-0.2, 0) is 11.8 Å². The molecule has 2 aromatic carbocycles. The molecule has 0 amide bonds. The van der Waals surface area contributed by atoms with Crippen LogP contribution in [0.1, 0.15) is 17.4 Å². The molecule has 0 bridgehead atoms. The Morgan fingerprint density at radius 1 is 1.22 bits per heavy atom. The van der Waals surface area contributed by atoms with Gasteiger partial charge >= 0.3 is 5.97 Å². The Bertz CT molecular complexity index is 1170. The molecule has 6 heteroatoms. The summed E-state index contributed by atoms with van der Waals surface area (Å²) in [4.78, 5) is 15.8. The molecule has 2 aromatic heterocycles. The van der Waals surface area contributed by atoms with Crippen molar-refractivity contribution >= 4 is 27.9 Å². The number of hydrogen-bond acceptors (Lipinski definition) is 4. The Labute approximate surface area is 155 Å². The number of carbonyl (C=O) groups is 1. The molecular formula is C21H20N2O4. The SMILES string of the molecule is CCOC(=O)c1[nH]c2c3ccccc3n(C)c2c1-c1ccc(OC)cc1O. The molecule has 0 fully saturated rings. The Morgan fingerprint density at radius 3 is 2.70 bits per heavy atom. The Morgan fingerprint density at radius 2 is 2.00 bits per heavy atom. The summed E-state index contributed by atoms with van der Waals surface area (Å²) in [6, 6.07) is 13.0. The highest BCUT2D eigenvalue weighted by Gasteiger charge is 2.26. The van der Waals surface area contributed by atoms with Gasteiger partial charge in [0.15, 0.2) is 0 Å². The number of nitrogens with zero attached hydrogens (tertiary/aromatic N) is 1. The Hall–Kier alpha value is -3.41.